The summed E-state index contributed by atoms with van der Waals surface area (Å²) in [6.07, 6.45) is 4.36. The lowest BCUT2D eigenvalue weighted by Gasteiger charge is -2.32. The van der Waals surface area contributed by atoms with E-state index in [1.54, 1.807) is 0 Å². The highest BCUT2D eigenvalue weighted by Gasteiger charge is 2.22. The molecule has 1 heterocycles. The van der Waals surface area contributed by atoms with Gasteiger partial charge in [-0.25, -0.2) is 0 Å². The summed E-state index contributed by atoms with van der Waals surface area (Å²) in [7, 11) is 0. The van der Waals surface area contributed by atoms with Gasteiger partial charge < -0.3 is 0 Å². The quantitative estimate of drug-likeness (QED) is 0.640. The Balaban J connectivity index is 2.21. The van der Waals surface area contributed by atoms with Crippen molar-refractivity contribution in [3.8, 4) is 6.07 Å². The SMILES string of the molecule is CC1CCC(=O)CN1CCCCC#N. The number of carbonyl (C=O) groups excluding carboxylic acids is 1. The van der Waals surface area contributed by atoms with E-state index in [1.165, 1.54) is 0 Å². The Kier molecular flexibility index (Phi) is 4.61. The fraction of sp³-hybridized carbons (Fsp3) is 0.818. The molecule has 0 aliphatic carbocycles. The zero-order valence-electron chi connectivity index (χ0n) is 8.83. The van der Waals surface area contributed by atoms with Crippen molar-refractivity contribution < 1.29 is 4.79 Å². The summed E-state index contributed by atoms with van der Waals surface area (Å²) >= 11 is 0. The van der Waals surface area contributed by atoms with E-state index in [9.17, 15) is 4.79 Å². The molecule has 78 valence electrons. The van der Waals surface area contributed by atoms with Gasteiger partial charge in [0.15, 0.2) is 0 Å². The van der Waals surface area contributed by atoms with Gasteiger partial charge >= 0.3 is 0 Å². The third-order valence-corrected chi connectivity index (χ3v) is 2.83. The summed E-state index contributed by atoms with van der Waals surface area (Å²) in [5.41, 5.74) is 0. The van der Waals surface area contributed by atoms with Gasteiger partial charge in [0.25, 0.3) is 0 Å². The van der Waals surface area contributed by atoms with Crippen LogP contribution in [0.25, 0.3) is 0 Å². The van der Waals surface area contributed by atoms with Crippen LogP contribution in [-0.4, -0.2) is 29.8 Å². The van der Waals surface area contributed by atoms with E-state index in [2.05, 4.69) is 17.9 Å². The first-order valence-corrected chi connectivity index (χ1v) is 5.36. The van der Waals surface area contributed by atoms with Gasteiger partial charge in [-0.1, -0.05) is 0 Å². The minimum atomic E-state index is 0.364. The molecule has 1 rings (SSSR count). The maximum atomic E-state index is 11.2. The van der Waals surface area contributed by atoms with Crippen LogP contribution in [0.4, 0.5) is 0 Å². The van der Waals surface area contributed by atoms with Crippen LogP contribution in [0.1, 0.15) is 39.0 Å². The summed E-state index contributed by atoms with van der Waals surface area (Å²) < 4.78 is 0. The van der Waals surface area contributed by atoms with Gasteiger partial charge in [0.2, 0.25) is 0 Å². The van der Waals surface area contributed by atoms with E-state index < -0.39 is 0 Å². The monoisotopic (exact) mass is 194 g/mol. The normalized spacial score (nSPS) is 23.4. The first-order chi connectivity index (χ1) is 6.74. The van der Waals surface area contributed by atoms with Gasteiger partial charge in [-0.3, -0.25) is 9.69 Å². The summed E-state index contributed by atoms with van der Waals surface area (Å²) in [6.45, 7) is 3.76. The summed E-state index contributed by atoms with van der Waals surface area (Å²) in [5, 5.41) is 8.38. The van der Waals surface area contributed by atoms with Crippen LogP contribution in [0.2, 0.25) is 0 Å². The van der Waals surface area contributed by atoms with E-state index in [0.717, 1.165) is 32.2 Å². The number of Topliss-reactive ketones (excluding diaryl/α,β-unsaturated/α-hetero) is 1. The number of nitriles is 1. The Morgan fingerprint density at radius 1 is 1.57 bits per heavy atom. The molecule has 3 nitrogen and oxygen atoms in total. The van der Waals surface area contributed by atoms with Crippen LogP contribution < -0.4 is 0 Å². The summed E-state index contributed by atoms with van der Waals surface area (Å²) in [6, 6.07) is 2.68. The molecule has 0 aromatic rings. The Morgan fingerprint density at radius 2 is 2.36 bits per heavy atom. The maximum Gasteiger partial charge on any atom is 0.146 e. The van der Waals surface area contributed by atoms with Crippen molar-refractivity contribution in [2.45, 2.75) is 45.1 Å². The van der Waals surface area contributed by atoms with Gasteiger partial charge in [-0.15, -0.1) is 0 Å². The van der Waals surface area contributed by atoms with Crippen molar-refractivity contribution in [2.75, 3.05) is 13.1 Å². The predicted octanol–water partition coefficient (Wildman–Crippen LogP) is 1.73. The van der Waals surface area contributed by atoms with Crippen LogP contribution in [0.3, 0.4) is 0 Å². The molecule has 0 aromatic carbocycles. The number of hydrogen-bond donors (Lipinski definition) is 0. The van der Waals surface area contributed by atoms with Gasteiger partial charge in [-0.2, -0.15) is 5.26 Å². The topological polar surface area (TPSA) is 44.1 Å². The molecule has 1 aliphatic rings. The lowest BCUT2D eigenvalue weighted by atomic mass is 10.0. The Labute approximate surface area is 85.7 Å². The third-order valence-electron chi connectivity index (χ3n) is 2.83. The van der Waals surface area contributed by atoms with Crippen LogP contribution in [0, 0.1) is 11.3 Å². The van der Waals surface area contributed by atoms with Crippen molar-refractivity contribution in [3.63, 3.8) is 0 Å². The number of carbonyl (C=O) groups is 1. The molecule has 0 N–H and O–H groups in total. The van der Waals surface area contributed by atoms with Crippen LogP contribution >= 0.6 is 0 Å². The number of nitrogens with zero attached hydrogens (tertiary/aromatic N) is 2. The first-order valence-electron chi connectivity index (χ1n) is 5.36. The molecule has 1 saturated heterocycles. The summed E-state index contributed by atoms with van der Waals surface area (Å²) in [5.74, 6) is 0.364. The van der Waals surface area contributed by atoms with E-state index >= 15 is 0 Å². The second-order valence-electron chi connectivity index (χ2n) is 4.01. The Morgan fingerprint density at radius 3 is 3.07 bits per heavy atom. The number of ketones is 1. The van der Waals surface area contributed by atoms with E-state index in [1.807, 2.05) is 0 Å². The molecule has 1 atom stereocenters. The van der Waals surface area contributed by atoms with Gasteiger partial charge in [0.1, 0.15) is 5.78 Å². The number of hydrogen-bond acceptors (Lipinski definition) is 3. The average Bonchev–Trinajstić information content (AvgIpc) is 2.18. The van der Waals surface area contributed by atoms with Gasteiger partial charge in [0.05, 0.1) is 12.6 Å². The van der Waals surface area contributed by atoms with Crippen molar-refractivity contribution >= 4 is 5.78 Å². The molecule has 0 aromatic heterocycles. The smallest absolute Gasteiger partial charge is 0.146 e. The molecule has 0 saturated carbocycles. The molecular weight excluding hydrogens is 176 g/mol. The first kappa shape index (κ1) is 11.2. The lowest BCUT2D eigenvalue weighted by molar-refractivity contribution is -0.123. The Hall–Kier alpha value is -0.880. The fourth-order valence-electron chi connectivity index (χ4n) is 1.83. The van der Waals surface area contributed by atoms with E-state index in [0.29, 0.717) is 24.8 Å². The van der Waals surface area contributed by atoms with Gasteiger partial charge in [0, 0.05) is 18.9 Å². The standard InChI is InChI=1S/C11H18N2O/c1-10-5-6-11(14)9-13(10)8-4-2-3-7-12/h10H,2-6,8-9H2,1H3. The second-order valence-corrected chi connectivity index (χ2v) is 4.01. The molecule has 0 amide bonds. The van der Waals surface area contributed by atoms with Crippen molar-refractivity contribution in [2.24, 2.45) is 0 Å². The summed E-state index contributed by atoms with van der Waals surface area (Å²) in [4.78, 5) is 13.5. The molecular formula is C11H18N2O. The molecule has 0 spiro atoms. The molecule has 1 aliphatic heterocycles. The Bertz CT molecular complexity index is 232. The molecule has 1 fully saturated rings. The predicted molar refractivity (Wildman–Crippen MR) is 54.7 cm³/mol. The zero-order valence-corrected chi connectivity index (χ0v) is 8.83. The maximum absolute atomic E-state index is 11.2. The van der Waals surface area contributed by atoms with Crippen molar-refractivity contribution in [3.05, 3.63) is 0 Å². The minimum absolute atomic E-state index is 0.364. The molecule has 14 heavy (non-hydrogen) atoms. The van der Waals surface area contributed by atoms with Gasteiger partial charge in [-0.05, 0) is 32.7 Å². The van der Waals surface area contributed by atoms with E-state index in [4.69, 9.17) is 5.26 Å². The number of unbranched alkanes of at least 4 members (excludes halogenated alkanes) is 2. The zero-order chi connectivity index (χ0) is 10.4. The van der Waals surface area contributed by atoms with Crippen LogP contribution in [0.5, 0.6) is 0 Å². The van der Waals surface area contributed by atoms with Crippen LogP contribution in [0.15, 0.2) is 0 Å². The largest absolute Gasteiger partial charge is 0.298 e. The highest BCUT2D eigenvalue weighted by molar-refractivity contribution is 5.81. The molecule has 3 heteroatoms. The average molecular weight is 194 g/mol. The highest BCUT2D eigenvalue weighted by atomic mass is 16.1. The number of rotatable bonds is 4. The number of likely N-dealkylation sites (tertiary alicyclic amines) is 1. The molecule has 0 radical (unpaired) electrons. The fourth-order valence-corrected chi connectivity index (χ4v) is 1.83. The van der Waals surface area contributed by atoms with Crippen LogP contribution in [-0.2, 0) is 4.79 Å². The number of piperidine rings is 1. The second kappa shape index (κ2) is 5.77. The van der Waals surface area contributed by atoms with Crippen molar-refractivity contribution in [1.82, 2.24) is 4.90 Å². The highest BCUT2D eigenvalue weighted by Crippen LogP contribution is 2.14. The van der Waals surface area contributed by atoms with Crippen molar-refractivity contribution in [1.29, 1.82) is 5.26 Å². The lowest BCUT2D eigenvalue weighted by Crippen LogP contribution is -2.42. The third kappa shape index (κ3) is 3.47. The molecule has 0 bridgehead atoms. The van der Waals surface area contributed by atoms with E-state index in [-0.39, 0.29) is 0 Å². The molecule has 1 unspecified atom stereocenters. The minimum Gasteiger partial charge on any atom is -0.298 e.